The van der Waals surface area contributed by atoms with Gasteiger partial charge in [0.1, 0.15) is 15.8 Å². The molecule has 0 saturated carbocycles. The number of anilines is 1. The second-order valence-corrected chi connectivity index (χ2v) is 8.28. The molecule has 0 spiro atoms. The van der Waals surface area contributed by atoms with Crippen LogP contribution in [0.5, 0.6) is 5.88 Å². The summed E-state index contributed by atoms with van der Waals surface area (Å²) in [6.07, 6.45) is 1.68. The summed E-state index contributed by atoms with van der Waals surface area (Å²) in [5.74, 6) is 0.0654. The summed E-state index contributed by atoms with van der Waals surface area (Å²) in [6.45, 7) is 4.30. The van der Waals surface area contributed by atoms with Crippen molar-refractivity contribution in [2.75, 3.05) is 19.5 Å². The monoisotopic (exact) mass is 502 g/mol. The molecule has 0 bridgehead atoms. The number of benzene rings is 1. The summed E-state index contributed by atoms with van der Waals surface area (Å²) in [5, 5.41) is 11.0. The van der Waals surface area contributed by atoms with Crippen molar-refractivity contribution in [2.24, 2.45) is 7.05 Å². The molecule has 1 amide bonds. The third-order valence-corrected chi connectivity index (χ3v) is 5.33. The van der Waals surface area contributed by atoms with E-state index < -0.39 is 0 Å². The molecule has 3 N–H and O–H groups in total. The number of aromatic nitrogens is 6. The minimum Gasteiger partial charge on any atom is -0.478 e. The van der Waals surface area contributed by atoms with Crippen LogP contribution >= 0.6 is 15.9 Å². The fourth-order valence-electron chi connectivity index (χ4n) is 3.50. The molecule has 1 unspecified atom stereocenters. The van der Waals surface area contributed by atoms with Gasteiger partial charge in [0.2, 0.25) is 5.65 Å². The number of nitrogen functional groups attached to an aromatic ring is 1. The number of nitrogens with one attached hydrogen (secondary N) is 1. The van der Waals surface area contributed by atoms with E-state index in [0.717, 1.165) is 11.1 Å². The zero-order valence-electron chi connectivity index (χ0n) is 18.1. The molecule has 3 heterocycles. The van der Waals surface area contributed by atoms with Crippen LogP contribution in [0, 0.1) is 6.92 Å². The van der Waals surface area contributed by atoms with Crippen molar-refractivity contribution in [3.63, 3.8) is 0 Å². The van der Waals surface area contributed by atoms with E-state index >= 15 is 0 Å². The van der Waals surface area contributed by atoms with Gasteiger partial charge in [-0.05, 0) is 47.5 Å². The molecule has 0 radical (unpaired) electrons. The van der Waals surface area contributed by atoms with Gasteiger partial charge in [-0.1, -0.05) is 5.21 Å². The average molecular weight is 503 g/mol. The number of halogens is 1. The van der Waals surface area contributed by atoms with Gasteiger partial charge in [-0.3, -0.25) is 9.20 Å². The SMILES string of the molecule is COc1nc(Br)cn2c(C(=O)NC(C)COCc3cc(N)c4nnn(C)c4c3)c(C)nc12. The number of carbonyl (C=O) groups excluding carboxylic acids is 1. The quantitative estimate of drug-likeness (QED) is 0.366. The molecule has 1 aromatic carbocycles. The van der Waals surface area contributed by atoms with E-state index in [-0.39, 0.29) is 11.9 Å². The van der Waals surface area contributed by atoms with Crippen molar-refractivity contribution in [2.45, 2.75) is 26.5 Å². The number of hydrogen-bond acceptors (Lipinski definition) is 8. The van der Waals surface area contributed by atoms with Crippen molar-refractivity contribution in [3.05, 3.63) is 39.9 Å². The normalized spacial score (nSPS) is 12.4. The fraction of sp³-hybridized carbons (Fsp3) is 0.350. The molecule has 4 aromatic rings. The number of nitrogens with zero attached hydrogens (tertiary/aromatic N) is 6. The van der Waals surface area contributed by atoms with Crippen molar-refractivity contribution in [1.29, 1.82) is 0 Å². The van der Waals surface area contributed by atoms with Crippen LogP contribution in [0.1, 0.15) is 28.7 Å². The Morgan fingerprint density at radius 2 is 2.12 bits per heavy atom. The van der Waals surface area contributed by atoms with Crippen LogP contribution in [0.25, 0.3) is 16.7 Å². The van der Waals surface area contributed by atoms with Gasteiger partial charge in [0.15, 0.2) is 0 Å². The lowest BCUT2D eigenvalue weighted by molar-refractivity contribution is 0.0815. The molecule has 3 aromatic heterocycles. The highest BCUT2D eigenvalue weighted by atomic mass is 79.9. The highest BCUT2D eigenvalue weighted by Crippen LogP contribution is 2.23. The maximum absolute atomic E-state index is 13.0. The van der Waals surface area contributed by atoms with Crippen LogP contribution < -0.4 is 15.8 Å². The van der Waals surface area contributed by atoms with Crippen LogP contribution in [0.2, 0.25) is 0 Å². The smallest absolute Gasteiger partial charge is 0.270 e. The molecule has 0 fully saturated rings. The standard InChI is InChI=1S/C20H23BrN8O3/c1-10(8-32-9-12-5-13(22)16-14(6-12)28(3)27-26-16)23-19(30)17-11(2)24-18-20(31-4)25-15(21)7-29(17)18/h5-7,10H,8-9,22H2,1-4H3,(H,23,30). The molecule has 0 saturated heterocycles. The largest absolute Gasteiger partial charge is 0.478 e. The number of fused-ring (bicyclic) bond motifs is 2. The first kappa shape index (κ1) is 22.0. The van der Waals surface area contributed by atoms with Gasteiger partial charge >= 0.3 is 0 Å². The third kappa shape index (κ3) is 4.10. The van der Waals surface area contributed by atoms with Crippen molar-refractivity contribution >= 4 is 44.2 Å². The Kier molecular flexibility index (Phi) is 5.98. The first-order valence-corrected chi connectivity index (χ1v) is 10.6. The fourth-order valence-corrected chi connectivity index (χ4v) is 3.87. The zero-order valence-corrected chi connectivity index (χ0v) is 19.7. The van der Waals surface area contributed by atoms with E-state index in [9.17, 15) is 4.79 Å². The average Bonchev–Trinajstić information content (AvgIpc) is 3.27. The number of nitrogens with two attached hydrogens (primary N) is 1. The summed E-state index contributed by atoms with van der Waals surface area (Å²) < 4.78 is 14.9. The van der Waals surface area contributed by atoms with Crippen LogP contribution in [0.15, 0.2) is 22.9 Å². The lowest BCUT2D eigenvalue weighted by Gasteiger charge is -2.15. The van der Waals surface area contributed by atoms with Gasteiger partial charge in [-0.25, -0.2) is 14.6 Å². The molecule has 0 aliphatic heterocycles. The Balaban J connectivity index is 1.42. The van der Waals surface area contributed by atoms with Gasteiger partial charge in [-0.2, -0.15) is 0 Å². The summed E-state index contributed by atoms with van der Waals surface area (Å²) in [7, 11) is 3.32. The molecule has 168 valence electrons. The van der Waals surface area contributed by atoms with Gasteiger partial charge in [-0.15, -0.1) is 5.10 Å². The van der Waals surface area contributed by atoms with Gasteiger partial charge < -0.3 is 20.5 Å². The van der Waals surface area contributed by atoms with Crippen LogP contribution in [0.3, 0.4) is 0 Å². The van der Waals surface area contributed by atoms with E-state index in [1.54, 1.807) is 22.2 Å². The summed E-state index contributed by atoms with van der Waals surface area (Å²) in [5.41, 5.74) is 10.5. The van der Waals surface area contributed by atoms with Gasteiger partial charge in [0.25, 0.3) is 11.8 Å². The molecule has 0 aliphatic rings. The summed E-state index contributed by atoms with van der Waals surface area (Å²) in [6, 6.07) is 3.52. The third-order valence-electron chi connectivity index (χ3n) is 4.95. The molecular weight excluding hydrogens is 480 g/mol. The number of imidazole rings is 1. The van der Waals surface area contributed by atoms with Crippen LogP contribution in [-0.2, 0) is 18.4 Å². The van der Waals surface area contributed by atoms with E-state index in [0.29, 0.717) is 51.9 Å². The lowest BCUT2D eigenvalue weighted by Crippen LogP contribution is -2.36. The van der Waals surface area contributed by atoms with Crippen LogP contribution in [-0.4, -0.2) is 55.0 Å². The van der Waals surface area contributed by atoms with E-state index in [1.165, 1.54) is 7.11 Å². The Morgan fingerprint density at radius 3 is 2.88 bits per heavy atom. The number of carbonyl (C=O) groups is 1. The summed E-state index contributed by atoms with van der Waals surface area (Å²) in [4.78, 5) is 21.6. The second kappa shape index (κ2) is 8.71. The predicted molar refractivity (Wildman–Crippen MR) is 121 cm³/mol. The Bertz CT molecular complexity index is 1320. The maximum Gasteiger partial charge on any atom is 0.270 e. The topological polar surface area (TPSA) is 134 Å². The Morgan fingerprint density at radius 1 is 1.34 bits per heavy atom. The van der Waals surface area contributed by atoms with Crippen molar-refractivity contribution in [1.82, 2.24) is 34.7 Å². The molecule has 0 aliphatic carbocycles. The Labute approximate surface area is 192 Å². The second-order valence-electron chi connectivity index (χ2n) is 7.47. The number of aryl methyl sites for hydroxylation is 2. The van der Waals surface area contributed by atoms with E-state index in [4.69, 9.17) is 15.2 Å². The molecular formula is C20H23BrN8O3. The number of methoxy groups -OCH3 is 1. The van der Waals surface area contributed by atoms with Gasteiger partial charge in [0.05, 0.1) is 37.2 Å². The van der Waals surface area contributed by atoms with E-state index in [2.05, 4.69) is 41.5 Å². The van der Waals surface area contributed by atoms with Crippen LogP contribution in [0.4, 0.5) is 5.69 Å². The minimum absolute atomic E-state index is 0.237. The van der Waals surface area contributed by atoms with Crippen molar-refractivity contribution < 1.29 is 14.3 Å². The van der Waals surface area contributed by atoms with Crippen molar-refractivity contribution in [3.8, 4) is 5.88 Å². The number of rotatable bonds is 7. The highest BCUT2D eigenvalue weighted by Gasteiger charge is 2.21. The number of amides is 1. The molecule has 12 heteroatoms. The lowest BCUT2D eigenvalue weighted by atomic mass is 10.2. The zero-order chi connectivity index (χ0) is 23.0. The van der Waals surface area contributed by atoms with Gasteiger partial charge in [0, 0.05) is 19.3 Å². The first-order chi connectivity index (χ1) is 15.3. The maximum atomic E-state index is 13.0. The minimum atomic E-state index is -0.266. The number of ether oxygens (including phenoxy) is 2. The van der Waals surface area contributed by atoms with E-state index in [1.807, 2.05) is 26.1 Å². The summed E-state index contributed by atoms with van der Waals surface area (Å²) >= 11 is 3.34. The number of hydrogen-bond donors (Lipinski definition) is 2. The molecule has 11 nitrogen and oxygen atoms in total. The molecule has 4 rings (SSSR count). The first-order valence-electron chi connectivity index (χ1n) is 9.84. The Hall–Kier alpha value is -3.25. The molecule has 32 heavy (non-hydrogen) atoms. The highest BCUT2D eigenvalue weighted by molar-refractivity contribution is 9.10. The molecule has 1 atom stereocenters. The predicted octanol–water partition coefficient (Wildman–Crippen LogP) is 2.01.